The molecule has 1 aliphatic heterocycles. The van der Waals surface area contributed by atoms with E-state index in [4.69, 9.17) is 27.8 Å². The number of nitrogens with zero attached hydrogens (tertiary/aromatic N) is 1. The molecule has 0 aliphatic carbocycles. The van der Waals surface area contributed by atoms with Crippen molar-refractivity contribution in [1.82, 2.24) is 0 Å². The number of carbonyl (C=O) groups excluding carboxylic acids is 4. The zero-order chi connectivity index (χ0) is 32.0. The van der Waals surface area contributed by atoms with Crippen molar-refractivity contribution in [1.29, 1.82) is 0 Å². The van der Waals surface area contributed by atoms with Crippen LogP contribution in [0.15, 0.2) is 18.2 Å². The molecule has 1 saturated heterocycles. The predicted molar refractivity (Wildman–Crippen MR) is 153 cm³/mol. The molecule has 1 fully saturated rings. The summed E-state index contributed by atoms with van der Waals surface area (Å²) in [5.41, 5.74) is 0.574. The van der Waals surface area contributed by atoms with Gasteiger partial charge in [-0.15, -0.1) is 0 Å². The van der Waals surface area contributed by atoms with Crippen molar-refractivity contribution in [3.63, 3.8) is 0 Å². The molecule has 0 saturated carbocycles. The summed E-state index contributed by atoms with van der Waals surface area (Å²) in [6.07, 6.45) is -7.41. The number of carbonyl (C=O) groups is 4. The Balaban J connectivity index is 2.65. The maximum Gasteiger partial charge on any atom is 0.325 e. The Morgan fingerprint density at radius 2 is 1.55 bits per heavy atom. The molecule has 0 bridgehead atoms. The molecule has 0 spiro atoms. The number of hydrogen-bond donors (Lipinski definition) is 0. The van der Waals surface area contributed by atoms with Gasteiger partial charge in [0.1, 0.15) is 0 Å². The molecule has 0 unspecified atom stereocenters. The van der Waals surface area contributed by atoms with Gasteiger partial charge in [0.2, 0.25) is 10.5 Å². The van der Waals surface area contributed by atoms with Gasteiger partial charge in [-0.3, -0.25) is 29.3 Å². The maximum absolute atomic E-state index is 12.7. The zero-order valence-electron chi connectivity index (χ0n) is 25.2. The lowest BCUT2D eigenvalue weighted by molar-refractivity contribution is -0.384. The second kappa shape index (κ2) is 14.1. The molecule has 230 valence electrons. The monoisotopic (exact) mass is 623 g/mol. The van der Waals surface area contributed by atoms with E-state index in [1.54, 1.807) is 6.07 Å². The number of non-ortho nitro benzene ring substituents is 1. The van der Waals surface area contributed by atoms with Crippen LogP contribution in [0.4, 0.5) is 5.69 Å². The van der Waals surface area contributed by atoms with Gasteiger partial charge in [-0.05, 0) is 29.8 Å². The predicted octanol–water partition coefficient (Wildman–Crippen LogP) is 1.85. The molecule has 1 aromatic carbocycles. The first-order chi connectivity index (χ1) is 19.4. The summed E-state index contributed by atoms with van der Waals surface area (Å²) in [7, 11) is -2.23. The Kier molecular flexibility index (Phi) is 11.6. The van der Waals surface area contributed by atoms with Crippen LogP contribution in [0.5, 0.6) is 0 Å². The van der Waals surface area contributed by atoms with Gasteiger partial charge < -0.3 is 27.8 Å². The fourth-order valence-corrected chi connectivity index (χ4v) is 4.96. The standard InChI is InChI=1S/C27H37NO12Si2/c1-15(29)36-22-21(39-25(26(32)40-41)24(38-17(3)31)23(22)37-16(2)30)12-10-18-13-20(28(33)34)11-9-19(18)14-35-42(7,8)27(4,5)6/h9,11,13,21-25H,14H2,1-8,41H3/t21-,22-,23+,24-,25-/m0/s1. The molecule has 42 heavy (non-hydrogen) atoms. The van der Waals surface area contributed by atoms with E-state index in [1.807, 2.05) is 0 Å². The van der Waals surface area contributed by atoms with Crippen LogP contribution in [0.2, 0.25) is 18.1 Å². The number of ether oxygens (including phenoxy) is 4. The highest BCUT2D eigenvalue weighted by molar-refractivity contribution is 6.74. The minimum atomic E-state index is -2.20. The SMILES string of the molecule is CC(=O)O[C@@H]1[C@@H](OC(C)=O)[C@H](C#Cc2cc([N+](=O)[O-])ccc2CO[Si](C)(C)C(C)(C)C)O[C@H](C(=O)O[SiH3])[C@H]1OC(C)=O. The van der Waals surface area contributed by atoms with E-state index in [-0.39, 0.29) is 33.4 Å². The van der Waals surface area contributed by atoms with Crippen LogP contribution in [0.3, 0.4) is 0 Å². The molecular formula is C27H37NO12Si2. The summed E-state index contributed by atoms with van der Waals surface area (Å²) < 4.78 is 33.1. The van der Waals surface area contributed by atoms with Gasteiger partial charge >= 0.3 is 23.9 Å². The minimum Gasteiger partial charge on any atom is -0.527 e. The van der Waals surface area contributed by atoms with E-state index in [9.17, 15) is 29.3 Å². The number of benzene rings is 1. The Labute approximate surface area is 248 Å². The molecule has 0 N–H and O–H groups in total. The topological polar surface area (TPSA) is 167 Å². The molecule has 1 aliphatic rings. The van der Waals surface area contributed by atoms with Crippen molar-refractivity contribution >= 4 is 48.4 Å². The third-order valence-corrected chi connectivity index (χ3v) is 11.8. The van der Waals surface area contributed by atoms with Crippen LogP contribution < -0.4 is 0 Å². The maximum atomic E-state index is 12.7. The van der Waals surface area contributed by atoms with Gasteiger partial charge in [0.15, 0.2) is 38.8 Å². The molecule has 5 atom stereocenters. The first-order valence-electron chi connectivity index (χ1n) is 13.1. The van der Waals surface area contributed by atoms with Crippen molar-refractivity contribution in [2.24, 2.45) is 0 Å². The number of nitro benzene ring substituents is 1. The van der Waals surface area contributed by atoms with Crippen molar-refractivity contribution in [3.8, 4) is 11.8 Å². The van der Waals surface area contributed by atoms with Gasteiger partial charge in [-0.1, -0.05) is 32.6 Å². The van der Waals surface area contributed by atoms with Gasteiger partial charge in [0.05, 0.1) is 11.5 Å². The molecule has 1 heterocycles. The first kappa shape index (κ1) is 34.6. The van der Waals surface area contributed by atoms with Crippen LogP contribution in [0, 0.1) is 22.0 Å². The fourth-order valence-electron chi connectivity index (χ4n) is 3.78. The smallest absolute Gasteiger partial charge is 0.325 e. The molecular weight excluding hydrogens is 586 g/mol. The van der Waals surface area contributed by atoms with Gasteiger partial charge in [-0.25, -0.2) is 0 Å². The Morgan fingerprint density at radius 1 is 1.00 bits per heavy atom. The van der Waals surface area contributed by atoms with Gasteiger partial charge in [0, 0.05) is 38.5 Å². The molecule has 15 heteroatoms. The quantitative estimate of drug-likeness (QED) is 0.103. The van der Waals surface area contributed by atoms with Gasteiger partial charge in [-0.2, -0.15) is 0 Å². The summed E-state index contributed by atoms with van der Waals surface area (Å²) in [5.74, 6) is 2.27. The van der Waals surface area contributed by atoms with Crippen molar-refractivity contribution < 1.29 is 51.9 Å². The third kappa shape index (κ3) is 8.95. The van der Waals surface area contributed by atoms with Crippen LogP contribution in [0.1, 0.15) is 52.7 Å². The molecule has 1 aromatic rings. The molecule has 0 radical (unpaired) electrons. The summed E-state index contributed by atoms with van der Waals surface area (Å²) >= 11 is 0. The van der Waals surface area contributed by atoms with E-state index in [0.29, 0.717) is 5.56 Å². The third-order valence-electron chi connectivity index (χ3n) is 6.93. The number of rotatable bonds is 8. The summed E-state index contributed by atoms with van der Waals surface area (Å²) in [5, 5.41) is 11.4. The van der Waals surface area contributed by atoms with E-state index in [1.165, 1.54) is 12.1 Å². The van der Waals surface area contributed by atoms with Crippen molar-refractivity contribution in [2.75, 3.05) is 0 Å². The summed E-state index contributed by atoms with van der Waals surface area (Å²) in [6.45, 7) is 13.8. The summed E-state index contributed by atoms with van der Waals surface area (Å²) in [4.78, 5) is 59.6. The van der Waals surface area contributed by atoms with Crippen LogP contribution in [-0.2, 0) is 53.6 Å². The van der Waals surface area contributed by atoms with E-state index >= 15 is 0 Å². The highest BCUT2D eigenvalue weighted by Crippen LogP contribution is 2.37. The van der Waals surface area contributed by atoms with Crippen LogP contribution >= 0.6 is 0 Å². The fraction of sp³-hybridized carbons (Fsp3) is 0.556. The molecule has 0 aromatic heterocycles. The normalized spacial score (nSPS) is 22.2. The largest absolute Gasteiger partial charge is 0.527 e. The lowest BCUT2D eigenvalue weighted by Crippen LogP contribution is -2.63. The second-order valence-electron chi connectivity index (χ2n) is 11.1. The average molecular weight is 624 g/mol. The minimum absolute atomic E-state index is 0.0285. The van der Waals surface area contributed by atoms with E-state index in [2.05, 4.69) is 45.7 Å². The van der Waals surface area contributed by atoms with Crippen LogP contribution in [-0.4, -0.2) is 78.1 Å². The Bertz CT molecular complexity index is 1280. The second-order valence-corrected chi connectivity index (χ2v) is 16.4. The molecule has 0 amide bonds. The van der Waals surface area contributed by atoms with Crippen molar-refractivity contribution in [3.05, 3.63) is 39.4 Å². The lowest BCUT2D eigenvalue weighted by Gasteiger charge is -2.42. The number of esters is 3. The highest BCUT2D eigenvalue weighted by Gasteiger charge is 2.54. The molecule has 13 nitrogen and oxygen atoms in total. The first-order valence-corrected chi connectivity index (χ1v) is 16.8. The van der Waals surface area contributed by atoms with E-state index in [0.717, 1.165) is 20.8 Å². The average Bonchev–Trinajstić information content (AvgIpc) is 2.87. The number of hydrogen-bond acceptors (Lipinski definition) is 12. The number of nitro groups is 1. The zero-order valence-corrected chi connectivity index (χ0v) is 28.2. The highest BCUT2D eigenvalue weighted by atomic mass is 28.4. The van der Waals surface area contributed by atoms with Gasteiger partial charge in [0.25, 0.3) is 5.69 Å². The Morgan fingerprint density at radius 3 is 2.05 bits per heavy atom. The summed E-state index contributed by atoms with van der Waals surface area (Å²) in [6, 6.07) is 4.16. The lowest BCUT2D eigenvalue weighted by atomic mass is 9.93. The molecule has 2 rings (SSSR count). The Hall–Kier alpha value is -3.59. The van der Waals surface area contributed by atoms with Crippen LogP contribution in [0.25, 0.3) is 0 Å². The van der Waals surface area contributed by atoms with Crippen molar-refractivity contribution in [2.45, 2.75) is 96.8 Å². The van der Waals surface area contributed by atoms with E-state index < -0.39 is 67.6 Å².